The van der Waals surface area contributed by atoms with Crippen molar-refractivity contribution in [3.05, 3.63) is 150 Å². The Morgan fingerprint density at radius 1 is 0.717 bits per heavy atom. The molecule has 0 saturated carbocycles. The van der Waals surface area contributed by atoms with E-state index in [2.05, 4.69) is 102 Å². The van der Waals surface area contributed by atoms with Crippen molar-refractivity contribution in [3.63, 3.8) is 0 Å². The molecule has 0 aliphatic carbocycles. The van der Waals surface area contributed by atoms with Gasteiger partial charge in [-0.3, -0.25) is 4.79 Å². The van der Waals surface area contributed by atoms with Crippen molar-refractivity contribution in [1.82, 2.24) is 9.55 Å². The molecule has 4 aromatic carbocycles. The quantitative estimate of drug-likeness (QED) is 0.212. The smallest absolute Gasteiger partial charge is 0.262 e. The van der Waals surface area contributed by atoms with E-state index >= 15 is 0 Å². The summed E-state index contributed by atoms with van der Waals surface area (Å²) in [4.78, 5) is 20.8. The van der Waals surface area contributed by atoms with Crippen LogP contribution in [0.25, 0.3) is 11.5 Å². The molecule has 0 spiro atoms. The topological polar surface area (TPSA) is 60.5 Å². The van der Waals surface area contributed by atoms with Crippen molar-refractivity contribution in [2.45, 2.75) is 18.9 Å². The maximum absolute atomic E-state index is 12.8. The van der Waals surface area contributed by atoms with E-state index in [0.717, 1.165) is 47.8 Å². The Balaban J connectivity index is 1.39. The lowest BCUT2D eigenvalue weighted by Crippen LogP contribution is -2.49. The molecule has 2 aliphatic heterocycles. The van der Waals surface area contributed by atoms with E-state index in [1.54, 1.807) is 13.2 Å². The van der Waals surface area contributed by atoms with Crippen LogP contribution in [0.4, 0.5) is 5.88 Å². The lowest BCUT2D eigenvalue weighted by molar-refractivity contribution is 0.275. The Morgan fingerprint density at radius 3 is 1.91 bits per heavy atom. The molecule has 1 saturated heterocycles. The summed E-state index contributed by atoms with van der Waals surface area (Å²) in [6.07, 6.45) is 1.06. The number of hydrogen-bond donors (Lipinski definition) is 0. The van der Waals surface area contributed by atoms with Crippen LogP contribution in [-0.4, -0.2) is 29.8 Å². The van der Waals surface area contributed by atoms with E-state index in [0.29, 0.717) is 18.4 Å². The van der Waals surface area contributed by atoms with Gasteiger partial charge in [-0.1, -0.05) is 60.7 Å². The summed E-state index contributed by atoms with van der Waals surface area (Å²) in [6.45, 7) is 2.26. The fraction of sp³-hybridized carbons (Fsp3) is 0.179. The molecular formula is C39H35N3O3P+. The third-order valence-electron chi connectivity index (χ3n) is 9.44. The van der Waals surface area contributed by atoms with Crippen LogP contribution >= 0.6 is 7.26 Å². The standard InChI is InChI=1S/C39H35N3O3P/c1-44-31-22-20-29(21-23-31)37-40-38(39(45-37)41-25-28-24-30(27-41)35-18-11-19-36(43)42(35)26-28)46(32-12-5-2-6-13-32,33-14-7-3-8-15-33)34-16-9-4-10-17-34/h2-23,28,30H,24-27H2,1H3/q+1/t28-,30-/m1/s1. The predicted octanol–water partition coefficient (Wildman–Crippen LogP) is 5.76. The van der Waals surface area contributed by atoms with E-state index in [4.69, 9.17) is 14.1 Å². The summed E-state index contributed by atoms with van der Waals surface area (Å²) < 4.78 is 14.4. The highest BCUT2D eigenvalue weighted by Gasteiger charge is 2.54. The molecule has 6 nitrogen and oxygen atoms in total. The monoisotopic (exact) mass is 624 g/mol. The van der Waals surface area contributed by atoms with Gasteiger partial charge in [0, 0.05) is 42.9 Å². The Morgan fingerprint density at radius 2 is 1.33 bits per heavy atom. The van der Waals surface area contributed by atoms with Gasteiger partial charge in [0.2, 0.25) is 5.89 Å². The normalized spacial score (nSPS) is 17.4. The van der Waals surface area contributed by atoms with E-state index in [-0.39, 0.29) is 11.5 Å². The van der Waals surface area contributed by atoms with Crippen LogP contribution < -0.4 is 36.5 Å². The molecule has 0 radical (unpaired) electrons. The maximum Gasteiger partial charge on any atom is 0.262 e. The van der Waals surface area contributed by atoms with E-state index in [1.165, 1.54) is 15.9 Å². The van der Waals surface area contributed by atoms with E-state index < -0.39 is 7.26 Å². The molecule has 2 aromatic heterocycles. The van der Waals surface area contributed by atoms with Crippen LogP contribution in [0.5, 0.6) is 5.75 Å². The van der Waals surface area contributed by atoms with Crippen molar-refractivity contribution in [1.29, 1.82) is 0 Å². The maximum atomic E-state index is 12.8. The molecule has 4 heterocycles. The first-order valence-electron chi connectivity index (χ1n) is 15.8. The lowest BCUT2D eigenvalue weighted by atomic mass is 9.83. The zero-order chi connectivity index (χ0) is 31.1. The van der Waals surface area contributed by atoms with Crippen LogP contribution in [0.1, 0.15) is 18.0 Å². The SMILES string of the molecule is COc1ccc(-c2nc([P+](c3ccccc3)(c3ccccc3)c3ccccc3)c(N3C[C@H]4C[C@H](C3)c3cccc(=O)n3C4)o2)cc1. The Kier molecular flexibility index (Phi) is 7.31. The summed E-state index contributed by atoms with van der Waals surface area (Å²) in [6, 6.07) is 46.1. The van der Waals surface area contributed by atoms with Crippen molar-refractivity contribution in [2.75, 3.05) is 25.1 Å². The van der Waals surface area contributed by atoms with Gasteiger partial charge >= 0.3 is 0 Å². The van der Waals surface area contributed by atoms with Gasteiger partial charge in [-0.2, -0.15) is 4.98 Å². The number of hydrogen-bond acceptors (Lipinski definition) is 5. The zero-order valence-electron chi connectivity index (χ0n) is 25.7. The fourth-order valence-electron chi connectivity index (χ4n) is 7.42. The lowest BCUT2D eigenvalue weighted by Gasteiger charge is -2.42. The van der Waals surface area contributed by atoms with Gasteiger partial charge in [0.05, 0.1) is 7.11 Å². The summed E-state index contributed by atoms with van der Waals surface area (Å²) in [5.41, 5.74) is 3.06. The molecule has 7 heteroatoms. The highest BCUT2D eigenvalue weighted by molar-refractivity contribution is 8.01. The molecule has 8 rings (SSSR count). The second-order valence-electron chi connectivity index (χ2n) is 12.2. The predicted molar refractivity (Wildman–Crippen MR) is 187 cm³/mol. The van der Waals surface area contributed by atoms with Gasteiger partial charge in [-0.25, -0.2) is 0 Å². The van der Waals surface area contributed by atoms with Crippen molar-refractivity contribution in [3.8, 4) is 17.2 Å². The Hall–Kier alpha value is -4.93. The molecule has 0 N–H and O–H groups in total. The number of rotatable bonds is 7. The average molecular weight is 625 g/mol. The number of anilines is 1. The molecule has 2 atom stereocenters. The molecule has 6 aromatic rings. The van der Waals surface area contributed by atoms with Crippen LogP contribution in [0.3, 0.4) is 0 Å². The second kappa shape index (κ2) is 11.8. The van der Waals surface area contributed by atoms with Crippen LogP contribution in [0.2, 0.25) is 0 Å². The summed E-state index contributed by atoms with van der Waals surface area (Å²) in [5.74, 6) is 2.74. The molecule has 228 valence electrons. The number of nitrogens with zero attached hydrogens (tertiary/aromatic N) is 3. The fourth-order valence-corrected chi connectivity index (χ4v) is 11.6. The number of aromatic nitrogens is 2. The minimum atomic E-state index is -2.56. The second-order valence-corrected chi connectivity index (χ2v) is 15.5. The zero-order valence-corrected chi connectivity index (χ0v) is 26.6. The number of pyridine rings is 1. The minimum Gasteiger partial charge on any atom is -0.497 e. The number of methoxy groups -OCH3 is 1. The van der Waals surface area contributed by atoms with Crippen LogP contribution in [-0.2, 0) is 6.54 Å². The molecule has 0 amide bonds. The highest BCUT2D eigenvalue weighted by atomic mass is 31.2. The van der Waals surface area contributed by atoms with Gasteiger partial charge in [0.15, 0.2) is 7.26 Å². The first-order chi connectivity index (χ1) is 22.6. The van der Waals surface area contributed by atoms with Gasteiger partial charge in [-0.05, 0) is 79.1 Å². The highest BCUT2D eigenvalue weighted by Crippen LogP contribution is 2.56. The Bertz CT molecular complexity index is 1930. The third kappa shape index (κ3) is 4.76. The number of ether oxygens (including phenoxy) is 1. The number of benzene rings is 4. The molecule has 0 unspecified atom stereocenters. The first kappa shape index (κ1) is 28.5. The number of fused-ring (bicyclic) bond motifs is 4. The van der Waals surface area contributed by atoms with Crippen molar-refractivity contribution < 1.29 is 9.15 Å². The van der Waals surface area contributed by atoms with Crippen molar-refractivity contribution in [2.24, 2.45) is 5.92 Å². The first-order valence-corrected chi connectivity index (χ1v) is 17.6. The largest absolute Gasteiger partial charge is 0.497 e. The van der Waals surface area contributed by atoms with E-state index in [9.17, 15) is 4.79 Å². The van der Waals surface area contributed by atoms with Gasteiger partial charge in [0.1, 0.15) is 21.7 Å². The number of oxazole rings is 1. The molecule has 46 heavy (non-hydrogen) atoms. The van der Waals surface area contributed by atoms with Crippen molar-refractivity contribution >= 4 is 34.5 Å². The average Bonchev–Trinajstić information content (AvgIpc) is 3.56. The molecule has 2 aliphatic rings. The van der Waals surface area contributed by atoms with E-state index in [1.807, 2.05) is 34.9 Å². The molecule has 1 fully saturated rings. The summed E-state index contributed by atoms with van der Waals surface area (Å²) >= 11 is 0. The Labute approximate surface area is 269 Å². The minimum absolute atomic E-state index is 0.0879. The summed E-state index contributed by atoms with van der Waals surface area (Å²) in [5, 5.41) is 3.66. The number of piperidine rings is 1. The molecular weight excluding hydrogens is 589 g/mol. The third-order valence-corrected chi connectivity index (χ3v) is 13.6. The van der Waals surface area contributed by atoms with Gasteiger partial charge < -0.3 is 18.6 Å². The summed E-state index contributed by atoms with van der Waals surface area (Å²) in [7, 11) is -0.880. The molecule has 2 bridgehead atoms. The van der Waals surface area contributed by atoms with Gasteiger partial charge in [-0.15, -0.1) is 0 Å². The van der Waals surface area contributed by atoms with Crippen LogP contribution in [0.15, 0.2) is 143 Å². The van der Waals surface area contributed by atoms with Gasteiger partial charge in [0.25, 0.3) is 16.9 Å². The van der Waals surface area contributed by atoms with Crippen LogP contribution in [0, 0.1) is 5.92 Å².